The van der Waals surface area contributed by atoms with E-state index in [0.29, 0.717) is 5.41 Å². The van der Waals surface area contributed by atoms with Crippen molar-refractivity contribution in [1.82, 2.24) is 0 Å². The Labute approximate surface area is 81.2 Å². The minimum Gasteiger partial charge on any atom is -0.491 e. The summed E-state index contributed by atoms with van der Waals surface area (Å²) in [4.78, 5) is 0. The smallest absolute Gasteiger partial charge is 0.115 e. The molecule has 1 fully saturated rings. The van der Waals surface area contributed by atoms with Gasteiger partial charge in [0.25, 0.3) is 0 Å². The van der Waals surface area contributed by atoms with E-state index in [1.807, 2.05) is 0 Å². The van der Waals surface area contributed by atoms with Crippen LogP contribution in [0.25, 0.3) is 0 Å². The Bertz CT molecular complexity index is 271. The summed E-state index contributed by atoms with van der Waals surface area (Å²) in [6, 6.07) is 0. The average Bonchev–Trinajstić information content (AvgIpc) is 2.13. The van der Waals surface area contributed by atoms with E-state index in [0.717, 1.165) is 0 Å². The number of allylic oxidation sites excluding steroid dienone is 1. The fraction of sp³-hybridized carbons (Fsp3) is 0.833. The molecule has 1 nitrogen and oxygen atoms in total. The van der Waals surface area contributed by atoms with Gasteiger partial charge in [0.05, 0.1) is 5.76 Å². The Morgan fingerprint density at radius 1 is 1.23 bits per heavy atom. The fourth-order valence-electron chi connectivity index (χ4n) is 2.19. The van der Waals surface area contributed by atoms with E-state index in [4.69, 9.17) is 4.74 Å². The molecular formula is C12H20O. The molecule has 1 saturated carbocycles. The molecule has 0 radical (unpaired) electrons. The van der Waals surface area contributed by atoms with Gasteiger partial charge in [0, 0.05) is 10.8 Å². The van der Waals surface area contributed by atoms with E-state index in [1.54, 1.807) is 0 Å². The Morgan fingerprint density at radius 2 is 1.85 bits per heavy atom. The van der Waals surface area contributed by atoms with Gasteiger partial charge in [0.15, 0.2) is 0 Å². The van der Waals surface area contributed by atoms with E-state index in [2.05, 4.69) is 40.7 Å². The van der Waals surface area contributed by atoms with Gasteiger partial charge in [-0.1, -0.05) is 27.7 Å². The van der Waals surface area contributed by atoms with Crippen LogP contribution in [0.5, 0.6) is 0 Å². The molecule has 13 heavy (non-hydrogen) atoms. The molecule has 0 aromatic carbocycles. The zero-order chi connectivity index (χ0) is 9.91. The Morgan fingerprint density at radius 3 is 2.08 bits per heavy atom. The zero-order valence-corrected chi connectivity index (χ0v) is 9.40. The van der Waals surface area contributed by atoms with Gasteiger partial charge in [-0.05, 0) is 25.8 Å². The van der Waals surface area contributed by atoms with Gasteiger partial charge in [-0.3, -0.25) is 0 Å². The predicted molar refractivity (Wildman–Crippen MR) is 54.4 cm³/mol. The van der Waals surface area contributed by atoms with Crippen molar-refractivity contribution in [2.75, 3.05) is 0 Å². The molecule has 2 unspecified atom stereocenters. The normalized spacial score (nSPS) is 43.3. The SMILES string of the molecule is CC(C)(C)C1=CC2(C)CCC2(C)O1. The first-order chi connectivity index (χ1) is 5.77. The summed E-state index contributed by atoms with van der Waals surface area (Å²) in [6.07, 6.45) is 4.85. The van der Waals surface area contributed by atoms with Crippen molar-refractivity contribution in [2.45, 2.75) is 53.1 Å². The summed E-state index contributed by atoms with van der Waals surface area (Å²) < 4.78 is 6.08. The number of ether oxygens (including phenoxy) is 1. The summed E-state index contributed by atoms with van der Waals surface area (Å²) in [6.45, 7) is 11.2. The maximum absolute atomic E-state index is 6.08. The molecule has 1 heterocycles. The molecule has 74 valence electrons. The summed E-state index contributed by atoms with van der Waals surface area (Å²) in [5.41, 5.74) is 0.592. The first-order valence-electron chi connectivity index (χ1n) is 5.19. The van der Waals surface area contributed by atoms with Crippen LogP contribution in [-0.2, 0) is 4.74 Å². The third-order valence-corrected chi connectivity index (χ3v) is 3.85. The van der Waals surface area contributed by atoms with Crippen LogP contribution in [0.3, 0.4) is 0 Å². The second kappa shape index (κ2) is 2.13. The molecule has 0 aromatic heterocycles. The number of hydrogen-bond acceptors (Lipinski definition) is 1. The summed E-state index contributed by atoms with van der Waals surface area (Å²) >= 11 is 0. The first-order valence-corrected chi connectivity index (χ1v) is 5.19. The molecule has 1 heteroatoms. The van der Waals surface area contributed by atoms with E-state index in [1.165, 1.54) is 18.6 Å². The van der Waals surface area contributed by atoms with Gasteiger partial charge in [-0.25, -0.2) is 0 Å². The highest BCUT2D eigenvalue weighted by Gasteiger charge is 2.58. The third-order valence-electron chi connectivity index (χ3n) is 3.85. The topological polar surface area (TPSA) is 9.23 Å². The number of rotatable bonds is 0. The summed E-state index contributed by atoms with van der Waals surface area (Å²) in [7, 11) is 0. The zero-order valence-electron chi connectivity index (χ0n) is 9.40. The van der Waals surface area contributed by atoms with E-state index >= 15 is 0 Å². The molecule has 2 rings (SSSR count). The second-order valence-corrected chi connectivity index (χ2v) is 6.01. The van der Waals surface area contributed by atoms with E-state index < -0.39 is 0 Å². The van der Waals surface area contributed by atoms with Crippen LogP contribution in [0.15, 0.2) is 11.8 Å². The standard InChI is InChI=1S/C12H20O/c1-10(2,3)9-8-11(4)6-7-12(11,5)13-9/h8H,6-7H2,1-5H3. The average molecular weight is 180 g/mol. The third kappa shape index (κ3) is 1.06. The highest BCUT2D eigenvalue weighted by atomic mass is 16.5. The molecule has 1 aliphatic heterocycles. The van der Waals surface area contributed by atoms with Crippen LogP contribution in [0.1, 0.15) is 47.5 Å². The van der Waals surface area contributed by atoms with Crippen LogP contribution in [0.4, 0.5) is 0 Å². The van der Waals surface area contributed by atoms with Gasteiger partial charge in [-0.2, -0.15) is 0 Å². The van der Waals surface area contributed by atoms with Crippen molar-refractivity contribution < 1.29 is 4.74 Å². The monoisotopic (exact) mass is 180 g/mol. The second-order valence-electron chi connectivity index (χ2n) is 6.01. The van der Waals surface area contributed by atoms with Gasteiger partial charge in [0.1, 0.15) is 5.60 Å². The molecule has 0 N–H and O–H groups in total. The quantitative estimate of drug-likeness (QED) is 0.554. The van der Waals surface area contributed by atoms with Crippen LogP contribution in [0.2, 0.25) is 0 Å². The molecule has 2 atom stereocenters. The minimum absolute atomic E-state index is 0.107. The van der Waals surface area contributed by atoms with Gasteiger partial charge >= 0.3 is 0 Å². The lowest BCUT2D eigenvalue weighted by Crippen LogP contribution is -2.50. The molecule has 1 aliphatic carbocycles. The van der Waals surface area contributed by atoms with Crippen LogP contribution >= 0.6 is 0 Å². The van der Waals surface area contributed by atoms with Crippen LogP contribution in [0, 0.1) is 10.8 Å². The lowest BCUT2D eigenvalue weighted by atomic mass is 9.59. The number of fused-ring (bicyclic) bond motifs is 1. The summed E-state index contributed by atoms with van der Waals surface area (Å²) in [5.74, 6) is 1.19. The lowest BCUT2D eigenvalue weighted by molar-refractivity contribution is -0.115. The molecule has 0 saturated heterocycles. The van der Waals surface area contributed by atoms with Gasteiger partial charge in [-0.15, -0.1) is 0 Å². The van der Waals surface area contributed by atoms with Crippen molar-refractivity contribution in [2.24, 2.45) is 10.8 Å². The summed E-state index contributed by atoms with van der Waals surface area (Å²) in [5, 5.41) is 0. The van der Waals surface area contributed by atoms with Crippen LogP contribution in [-0.4, -0.2) is 5.60 Å². The minimum atomic E-state index is 0.107. The van der Waals surface area contributed by atoms with Crippen molar-refractivity contribution >= 4 is 0 Å². The highest BCUT2D eigenvalue weighted by molar-refractivity contribution is 5.26. The maximum atomic E-state index is 6.08. The number of hydrogen-bond donors (Lipinski definition) is 0. The van der Waals surface area contributed by atoms with E-state index in [-0.39, 0.29) is 11.0 Å². The highest BCUT2D eigenvalue weighted by Crippen LogP contribution is 2.60. The Kier molecular flexibility index (Phi) is 1.49. The van der Waals surface area contributed by atoms with Gasteiger partial charge in [0.2, 0.25) is 0 Å². The first kappa shape index (κ1) is 9.11. The maximum Gasteiger partial charge on any atom is 0.115 e. The van der Waals surface area contributed by atoms with Crippen molar-refractivity contribution in [1.29, 1.82) is 0 Å². The van der Waals surface area contributed by atoms with Crippen LogP contribution < -0.4 is 0 Å². The Hall–Kier alpha value is -0.460. The Balaban J connectivity index is 2.29. The van der Waals surface area contributed by atoms with Crippen molar-refractivity contribution in [3.63, 3.8) is 0 Å². The molecule has 0 amide bonds. The largest absolute Gasteiger partial charge is 0.491 e. The molecule has 0 bridgehead atoms. The molecule has 0 spiro atoms. The lowest BCUT2D eigenvalue weighted by Gasteiger charge is -2.49. The van der Waals surface area contributed by atoms with Crippen molar-refractivity contribution in [3.8, 4) is 0 Å². The van der Waals surface area contributed by atoms with E-state index in [9.17, 15) is 0 Å². The van der Waals surface area contributed by atoms with Crippen molar-refractivity contribution in [3.05, 3.63) is 11.8 Å². The molecular weight excluding hydrogens is 160 g/mol. The molecule has 2 aliphatic rings. The molecule has 0 aromatic rings. The predicted octanol–water partition coefficient (Wildman–Crippen LogP) is 3.51. The van der Waals surface area contributed by atoms with Gasteiger partial charge < -0.3 is 4.74 Å². The fourth-order valence-corrected chi connectivity index (χ4v) is 2.19.